The van der Waals surface area contributed by atoms with Gasteiger partial charge in [0.15, 0.2) is 0 Å². The summed E-state index contributed by atoms with van der Waals surface area (Å²) in [5.41, 5.74) is -0.600. The molecule has 1 aromatic carbocycles. The zero-order valence-electron chi connectivity index (χ0n) is 11.3. The molecule has 20 heavy (non-hydrogen) atoms. The summed E-state index contributed by atoms with van der Waals surface area (Å²) in [4.78, 5) is 23.1. The Bertz CT molecular complexity index is 512. The molecule has 1 saturated carbocycles. The van der Waals surface area contributed by atoms with Gasteiger partial charge in [-0.15, -0.1) is 0 Å². The van der Waals surface area contributed by atoms with E-state index < -0.39 is 17.5 Å². The summed E-state index contributed by atoms with van der Waals surface area (Å²) in [5.74, 6) is -0.430. The Labute approximate surface area is 117 Å². The minimum Gasteiger partial charge on any atom is -0.492 e. The highest BCUT2D eigenvalue weighted by molar-refractivity contribution is 5.95. The predicted octanol–water partition coefficient (Wildman–Crippen LogP) is 2.21. The summed E-state index contributed by atoms with van der Waals surface area (Å²) in [5, 5.41) is 14.3. The van der Waals surface area contributed by atoms with Crippen molar-refractivity contribution >= 4 is 17.7 Å². The van der Waals surface area contributed by atoms with Gasteiger partial charge in [-0.2, -0.15) is 0 Å². The van der Waals surface area contributed by atoms with Crippen LogP contribution >= 0.6 is 0 Å². The van der Waals surface area contributed by atoms with Gasteiger partial charge < -0.3 is 20.5 Å². The Kier molecular flexibility index (Phi) is 4.12. The van der Waals surface area contributed by atoms with Gasteiger partial charge in [0.1, 0.15) is 11.3 Å². The van der Waals surface area contributed by atoms with E-state index in [2.05, 4.69) is 10.6 Å². The molecule has 1 fully saturated rings. The number of para-hydroxylation sites is 2. The SMILES string of the molecule is CCOc1ccccc1NC(=O)NC1(C(=O)O)CCC1. The molecule has 0 atom stereocenters. The molecule has 108 valence electrons. The largest absolute Gasteiger partial charge is 0.492 e. The topological polar surface area (TPSA) is 87.7 Å². The van der Waals surface area contributed by atoms with Crippen molar-refractivity contribution in [1.29, 1.82) is 0 Å². The fourth-order valence-corrected chi connectivity index (χ4v) is 2.14. The molecular weight excluding hydrogens is 260 g/mol. The van der Waals surface area contributed by atoms with Gasteiger partial charge in [-0.1, -0.05) is 12.1 Å². The first-order chi connectivity index (χ1) is 9.57. The lowest BCUT2D eigenvalue weighted by molar-refractivity contribution is -0.148. The van der Waals surface area contributed by atoms with Crippen molar-refractivity contribution in [2.24, 2.45) is 0 Å². The smallest absolute Gasteiger partial charge is 0.329 e. The minimum absolute atomic E-state index is 0.461. The van der Waals surface area contributed by atoms with E-state index >= 15 is 0 Å². The van der Waals surface area contributed by atoms with Gasteiger partial charge >= 0.3 is 12.0 Å². The Balaban J connectivity index is 2.03. The van der Waals surface area contributed by atoms with Crippen molar-refractivity contribution in [2.45, 2.75) is 31.7 Å². The molecule has 3 N–H and O–H groups in total. The third kappa shape index (κ3) is 2.84. The third-order valence-electron chi connectivity index (χ3n) is 3.40. The van der Waals surface area contributed by atoms with E-state index in [1.807, 2.05) is 6.92 Å². The monoisotopic (exact) mass is 278 g/mol. The number of ether oxygens (including phenoxy) is 1. The lowest BCUT2D eigenvalue weighted by Gasteiger charge is -2.38. The maximum absolute atomic E-state index is 11.9. The van der Waals surface area contributed by atoms with Crippen LogP contribution in [0, 0.1) is 0 Å². The number of rotatable bonds is 5. The molecule has 1 aromatic rings. The summed E-state index contributed by atoms with van der Waals surface area (Å²) < 4.78 is 5.40. The first-order valence-electron chi connectivity index (χ1n) is 6.62. The van der Waals surface area contributed by atoms with Gasteiger partial charge in [0.05, 0.1) is 12.3 Å². The molecular formula is C14H18N2O4. The first kappa shape index (κ1) is 14.2. The Morgan fingerprint density at radius 3 is 2.60 bits per heavy atom. The number of amides is 2. The van der Waals surface area contributed by atoms with E-state index in [1.165, 1.54) is 0 Å². The molecule has 0 spiro atoms. The Morgan fingerprint density at radius 1 is 1.35 bits per heavy atom. The second kappa shape index (κ2) is 5.81. The highest BCUT2D eigenvalue weighted by atomic mass is 16.5. The van der Waals surface area contributed by atoms with E-state index in [0.717, 1.165) is 6.42 Å². The second-order valence-electron chi connectivity index (χ2n) is 4.75. The minimum atomic E-state index is -1.12. The fraction of sp³-hybridized carbons (Fsp3) is 0.429. The van der Waals surface area contributed by atoms with Crippen LogP contribution in [0.2, 0.25) is 0 Å². The van der Waals surface area contributed by atoms with Gasteiger partial charge in [0.2, 0.25) is 0 Å². The maximum Gasteiger partial charge on any atom is 0.329 e. The average molecular weight is 278 g/mol. The van der Waals surface area contributed by atoms with Crippen molar-refractivity contribution in [1.82, 2.24) is 5.32 Å². The molecule has 2 amide bonds. The number of hydrogen-bond donors (Lipinski definition) is 3. The number of benzene rings is 1. The van der Waals surface area contributed by atoms with Gasteiger partial charge in [-0.25, -0.2) is 9.59 Å². The maximum atomic E-state index is 11.9. The zero-order valence-corrected chi connectivity index (χ0v) is 11.3. The Hall–Kier alpha value is -2.24. The number of hydrogen-bond acceptors (Lipinski definition) is 3. The van der Waals surface area contributed by atoms with Crippen LogP contribution in [-0.2, 0) is 4.79 Å². The van der Waals surface area contributed by atoms with Gasteiger partial charge in [0, 0.05) is 0 Å². The van der Waals surface area contributed by atoms with E-state index in [9.17, 15) is 14.7 Å². The highest BCUT2D eigenvalue weighted by Gasteiger charge is 2.45. The number of anilines is 1. The molecule has 0 radical (unpaired) electrons. The summed E-state index contributed by atoms with van der Waals surface area (Å²) in [6, 6.07) is 6.50. The van der Waals surface area contributed by atoms with E-state index in [1.54, 1.807) is 24.3 Å². The molecule has 6 nitrogen and oxygen atoms in total. The molecule has 0 bridgehead atoms. The van der Waals surface area contributed by atoms with Crippen LogP contribution < -0.4 is 15.4 Å². The highest BCUT2D eigenvalue weighted by Crippen LogP contribution is 2.32. The molecule has 6 heteroatoms. The van der Waals surface area contributed by atoms with Crippen LogP contribution in [0.3, 0.4) is 0 Å². The summed E-state index contributed by atoms with van der Waals surface area (Å²) in [7, 11) is 0. The first-order valence-corrected chi connectivity index (χ1v) is 6.62. The standard InChI is InChI=1S/C14H18N2O4/c1-2-20-11-7-4-3-6-10(11)15-13(19)16-14(12(17)18)8-5-9-14/h3-4,6-7H,2,5,8-9H2,1H3,(H,17,18)(H2,15,16,19). The van der Waals surface area contributed by atoms with Gasteiger partial charge in [-0.05, 0) is 38.3 Å². The number of nitrogens with one attached hydrogen (secondary N) is 2. The van der Waals surface area contributed by atoms with Crippen LogP contribution in [0.1, 0.15) is 26.2 Å². The van der Waals surface area contributed by atoms with Crippen LogP contribution in [0.25, 0.3) is 0 Å². The van der Waals surface area contributed by atoms with E-state index in [4.69, 9.17) is 4.74 Å². The van der Waals surface area contributed by atoms with Crippen molar-refractivity contribution < 1.29 is 19.4 Å². The van der Waals surface area contributed by atoms with Crippen LogP contribution in [0.15, 0.2) is 24.3 Å². The zero-order chi connectivity index (χ0) is 14.6. The molecule has 2 rings (SSSR count). The molecule has 0 heterocycles. The number of carboxylic acids is 1. The number of carbonyl (C=O) groups is 2. The van der Waals surface area contributed by atoms with Crippen molar-refractivity contribution in [2.75, 3.05) is 11.9 Å². The van der Waals surface area contributed by atoms with Crippen molar-refractivity contribution in [3.05, 3.63) is 24.3 Å². The number of carboxylic acid groups (broad SMARTS) is 1. The lowest BCUT2D eigenvalue weighted by atomic mass is 9.77. The number of carbonyl (C=O) groups excluding carboxylic acids is 1. The lowest BCUT2D eigenvalue weighted by Crippen LogP contribution is -2.60. The quantitative estimate of drug-likeness (QED) is 0.770. The van der Waals surface area contributed by atoms with Crippen LogP contribution in [0.5, 0.6) is 5.75 Å². The Morgan fingerprint density at radius 2 is 2.05 bits per heavy atom. The predicted molar refractivity (Wildman–Crippen MR) is 74.0 cm³/mol. The molecule has 1 aliphatic carbocycles. The van der Waals surface area contributed by atoms with E-state index in [-0.39, 0.29) is 0 Å². The van der Waals surface area contributed by atoms with Gasteiger partial charge in [-0.3, -0.25) is 0 Å². The fourth-order valence-electron chi connectivity index (χ4n) is 2.14. The van der Waals surface area contributed by atoms with Crippen molar-refractivity contribution in [3.8, 4) is 5.75 Å². The third-order valence-corrected chi connectivity index (χ3v) is 3.40. The molecule has 0 saturated heterocycles. The summed E-state index contributed by atoms with van der Waals surface area (Å²) >= 11 is 0. The molecule has 0 aliphatic heterocycles. The molecule has 0 unspecified atom stereocenters. The average Bonchev–Trinajstić information content (AvgIpc) is 2.36. The summed E-state index contributed by atoms with van der Waals surface area (Å²) in [6.45, 7) is 2.34. The van der Waals surface area contributed by atoms with Crippen LogP contribution in [-0.4, -0.2) is 29.3 Å². The van der Waals surface area contributed by atoms with E-state index in [0.29, 0.717) is 30.9 Å². The molecule has 0 aromatic heterocycles. The number of aliphatic carboxylic acids is 1. The van der Waals surface area contributed by atoms with Gasteiger partial charge in [0.25, 0.3) is 0 Å². The normalized spacial score (nSPS) is 15.8. The van der Waals surface area contributed by atoms with Crippen LogP contribution in [0.4, 0.5) is 10.5 Å². The molecule has 1 aliphatic rings. The summed E-state index contributed by atoms with van der Waals surface area (Å²) in [6.07, 6.45) is 1.73. The number of urea groups is 1. The van der Waals surface area contributed by atoms with Crippen molar-refractivity contribution in [3.63, 3.8) is 0 Å². The second-order valence-corrected chi connectivity index (χ2v) is 4.75.